The van der Waals surface area contributed by atoms with Gasteiger partial charge in [0.2, 0.25) is 5.91 Å². The number of primary amides is 1. The molecule has 0 saturated carbocycles. The second kappa shape index (κ2) is 12.3. The van der Waals surface area contributed by atoms with Gasteiger partial charge in [0.05, 0.1) is 11.3 Å². The molecule has 0 spiro atoms. The highest BCUT2D eigenvalue weighted by Crippen LogP contribution is 2.32. The van der Waals surface area contributed by atoms with Crippen molar-refractivity contribution in [3.05, 3.63) is 64.4 Å². The van der Waals surface area contributed by atoms with Crippen LogP contribution >= 0.6 is 11.3 Å². The molecule has 2 amide bonds. The topological polar surface area (TPSA) is 86.9 Å². The van der Waals surface area contributed by atoms with E-state index in [0.717, 1.165) is 24.5 Å². The Balaban J connectivity index is 2.13. The quantitative estimate of drug-likeness (QED) is 0.246. The molecule has 1 fully saturated rings. The fraction of sp³-hybridized carbons (Fsp3) is 0.400. The third-order valence-electron chi connectivity index (χ3n) is 5.59. The van der Waals surface area contributed by atoms with Crippen LogP contribution in [-0.4, -0.2) is 73.2 Å². The number of piperazine rings is 1. The van der Waals surface area contributed by atoms with Crippen molar-refractivity contribution in [2.45, 2.75) is 26.8 Å². The molecule has 1 aromatic rings. The van der Waals surface area contributed by atoms with Gasteiger partial charge < -0.3 is 15.5 Å². The summed E-state index contributed by atoms with van der Waals surface area (Å²) in [4.78, 5) is 44.1. The molecule has 1 unspecified atom stereocenters. The van der Waals surface area contributed by atoms with E-state index in [-0.39, 0.29) is 11.5 Å². The number of hydrogen-bond donors (Lipinski definition) is 1. The highest BCUT2D eigenvalue weighted by atomic mass is 32.1. The number of amides is 2. The number of Topliss-reactive ketones (excluding diaryl/α,β-unsaturated/α-hetero) is 1. The molecule has 1 atom stereocenters. The van der Waals surface area contributed by atoms with Crippen molar-refractivity contribution < 1.29 is 14.4 Å². The number of anilines is 1. The number of thiophene rings is 1. The van der Waals surface area contributed by atoms with Gasteiger partial charge >= 0.3 is 0 Å². The number of nitrogens with zero attached hydrogens (tertiary/aromatic N) is 3. The molecule has 33 heavy (non-hydrogen) atoms. The van der Waals surface area contributed by atoms with Crippen LogP contribution in [0.15, 0.2) is 54.0 Å². The van der Waals surface area contributed by atoms with Crippen molar-refractivity contribution >= 4 is 34.6 Å². The molecule has 1 aliphatic rings. The lowest BCUT2D eigenvalue weighted by Crippen LogP contribution is -2.54. The second-order valence-electron chi connectivity index (χ2n) is 8.06. The minimum Gasteiger partial charge on any atom is -0.363 e. The maximum Gasteiger partial charge on any atom is 0.289 e. The van der Waals surface area contributed by atoms with Gasteiger partial charge in [0.25, 0.3) is 11.7 Å². The molecule has 1 saturated heterocycles. The normalized spacial score (nSPS) is 16.4. The predicted octanol–water partition coefficient (Wildman–Crippen LogP) is 2.94. The Hall–Kier alpha value is -2.97. The van der Waals surface area contributed by atoms with E-state index in [4.69, 9.17) is 5.73 Å². The lowest BCUT2D eigenvalue weighted by atomic mass is 10.1. The standard InChI is InChI=1S/C25H34N4O3S/c1-6-8-9-11-18(3)16-28-12-14-29(15-13-28)25(32)21(10-7-2)27(5)22-19(4)33-17-20(22)23(30)24(26)31/h6-11,17,21H,1,12-16H2,2-5H3,(H2,26,31)/b9-8-,10-7-,18-11+. The summed E-state index contributed by atoms with van der Waals surface area (Å²) in [6.45, 7) is 13.2. The van der Waals surface area contributed by atoms with Crippen LogP contribution in [0.5, 0.6) is 0 Å². The van der Waals surface area contributed by atoms with E-state index in [0.29, 0.717) is 18.8 Å². The number of aryl methyl sites for hydroxylation is 1. The first-order valence-corrected chi connectivity index (χ1v) is 11.8. The fourth-order valence-electron chi connectivity index (χ4n) is 3.90. The molecular formula is C25H34N4O3S. The Bertz CT molecular complexity index is 968. The van der Waals surface area contributed by atoms with Crippen molar-refractivity contribution in [2.24, 2.45) is 5.73 Å². The summed E-state index contributed by atoms with van der Waals surface area (Å²) in [5.41, 5.74) is 7.30. The summed E-state index contributed by atoms with van der Waals surface area (Å²) in [6, 6.07) is -0.583. The lowest BCUT2D eigenvalue weighted by Gasteiger charge is -2.38. The molecule has 2 heterocycles. The van der Waals surface area contributed by atoms with E-state index in [2.05, 4.69) is 24.5 Å². The Labute approximate surface area is 200 Å². The number of rotatable bonds is 10. The van der Waals surface area contributed by atoms with Crippen LogP contribution in [0.4, 0.5) is 5.69 Å². The van der Waals surface area contributed by atoms with Crippen molar-refractivity contribution in [2.75, 3.05) is 44.7 Å². The van der Waals surface area contributed by atoms with E-state index in [1.807, 2.05) is 43.1 Å². The average molecular weight is 471 g/mol. The van der Waals surface area contributed by atoms with Crippen molar-refractivity contribution in [1.82, 2.24) is 9.80 Å². The number of carbonyl (C=O) groups is 3. The van der Waals surface area contributed by atoms with Gasteiger partial charge in [-0.3, -0.25) is 19.3 Å². The first-order valence-electron chi connectivity index (χ1n) is 10.9. The van der Waals surface area contributed by atoms with Gasteiger partial charge in [-0.05, 0) is 20.8 Å². The minimum atomic E-state index is -1.00. The summed E-state index contributed by atoms with van der Waals surface area (Å²) in [5.74, 6) is -1.77. The zero-order valence-corrected chi connectivity index (χ0v) is 20.7. The van der Waals surface area contributed by atoms with Crippen LogP contribution in [0.2, 0.25) is 0 Å². The van der Waals surface area contributed by atoms with Crippen molar-refractivity contribution in [1.29, 1.82) is 0 Å². The van der Waals surface area contributed by atoms with Gasteiger partial charge in [0.15, 0.2) is 0 Å². The molecule has 0 aromatic carbocycles. The van der Waals surface area contributed by atoms with Crippen LogP contribution in [0.25, 0.3) is 0 Å². The smallest absolute Gasteiger partial charge is 0.289 e. The average Bonchev–Trinajstić information content (AvgIpc) is 3.17. The van der Waals surface area contributed by atoms with Gasteiger partial charge in [-0.25, -0.2) is 0 Å². The summed E-state index contributed by atoms with van der Waals surface area (Å²) >= 11 is 1.36. The first-order chi connectivity index (χ1) is 15.7. The highest BCUT2D eigenvalue weighted by Gasteiger charge is 2.32. The maximum absolute atomic E-state index is 13.5. The number of carbonyl (C=O) groups excluding carboxylic acids is 3. The monoisotopic (exact) mass is 470 g/mol. The molecule has 8 heteroatoms. The molecule has 2 N–H and O–H groups in total. The zero-order chi connectivity index (χ0) is 24.5. The Morgan fingerprint density at radius 2 is 1.91 bits per heavy atom. The lowest BCUT2D eigenvalue weighted by molar-refractivity contribution is -0.133. The van der Waals surface area contributed by atoms with Gasteiger partial charge in [0, 0.05) is 50.0 Å². The largest absolute Gasteiger partial charge is 0.363 e. The number of allylic oxidation sites excluding steroid dienone is 5. The highest BCUT2D eigenvalue weighted by molar-refractivity contribution is 7.11. The molecule has 178 valence electrons. The molecular weight excluding hydrogens is 436 g/mol. The van der Waals surface area contributed by atoms with E-state index >= 15 is 0 Å². The summed E-state index contributed by atoms with van der Waals surface area (Å²) in [6.07, 6.45) is 11.3. The molecule has 1 aromatic heterocycles. The van der Waals surface area contributed by atoms with Crippen molar-refractivity contribution in [3.63, 3.8) is 0 Å². The molecule has 0 radical (unpaired) electrons. The van der Waals surface area contributed by atoms with E-state index in [1.165, 1.54) is 16.9 Å². The van der Waals surface area contributed by atoms with Crippen LogP contribution in [-0.2, 0) is 9.59 Å². The molecule has 7 nitrogen and oxygen atoms in total. The molecule has 0 aliphatic carbocycles. The Kier molecular flexibility index (Phi) is 9.81. The van der Waals surface area contributed by atoms with Crippen molar-refractivity contribution in [3.8, 4) is 0 Å². The van der Waals surface area contributed by atoms with Crippen LogP contribution < -0.4 is 10.6 Å². The number of hydrogen-bond acceptors (Lipinski definition) is 6. The van der Waals surface area contributed by atoms with E-state index in [1.54, 1.807) is 23.4 Å². The SMILES string of the molecule is C=C/C=C\C=C(/C)CN1CCN(C(=O)C(/C=C\C)N(C)c2c(C(=O)C(N)=O)csc2C)CC1. The number of ketones is 1. The van der Waals surface area contributed by atoms with Gasteiger partial charge in [-0.1, -0.05) is 48.6 Å². The molecule has 1 aliphatic heterocycles. The van der Waals surface area contributed by atoms with Gasteiger partial charge in [0.1, 0.15) is 6.04 Å². The van der Waals surface area contributed by atoms with E-state index < -0.39 is 17.7 Å². The fourth-order valence-corrected chi connectivity index (χ4v) is 4.78. The third kappa shape index (κ3) is 6.76. The third-order valence-corrected chi connectivity index (χ3v) is 6.49. The first kappa shape index (κ1) is 26.3. The minimum absolute atomic E-state index is 0.0282. The Morgan fingerprint density at radius 1 is 1.24 bits per heavy atom. The number of likely N-dealkylation sites (N-methyl/N-ethyl adjacent to an activating group) is 1. The van der Waals surface area contributed by atoms with Gasteiger partial charge in [-0.15, -0.1) is 11.3 Å². The van der Waals surface area contributed by atoms with Gasteiger partial charge in [-0.2, -0.15) is 0 Å². The summed E-state index contributed by atoms with van der Waals surface area (Å²) in [5, 5.41) is 1.63. The van der Waals surface area contributed by atoms with E-state index in [9.17, 15) is 14.4 Å². The summed E-state index contributed by atoms with van der Waals surface area (Å²) < 4.78 is 0. The molecule has 2 rings (SSSR count). The van der Waals surface area contributed by atoms with Crippen LogP contribution in [0.3, 0.4) is 0 Å². The predicted molar refractivity (Wildman–Crippen MR) is 136 cm³/mol. The van der Waals surface area contributed by atoms with Crippen LogP contribution in [0, 0.1) is 6.92 Å². The Morgan fingerprint density at radius 3 is 2.48 bits per heavy atom. The molecule has 0 bridgehead atoms. The number of nitrogens with two attached hydrogens (primary N) is 1. The maximum atomic E-state index is 13.5. The van der Waals surface area contributed by atoms with Crippen LogP contribution in [0.1, 0.15) is 29.1 Å². The summed E-state index contributed by atoms with van der Waals surface area (Å²) in [7, 11) is 1.77. The second-order valence-corrected chi connectivity index (χ2v) is 9.15. The zero-order valence-electron chi connectivity index (χ0n) is 19.9.